The fourth-order valence-corrected chi connectivity index (χ4v) is 3.59. The second-order valence-electron chi connectivity index (χ2n) is 6.48. The van der Waals surface area contributed by atoms with Crippen molar-refractivity contribution in [2.24, 2.45) is 0 Å². The van der Waals surface area contributed by atoms with Crippen LogP contribution in [0, 0.1) is 5.82 Å². The first-order valence-corrected chi connectivity index (χ1v) is 8.72. The van der Waals surface area contributed by atoms with Gasteiger partial charge in [0, 0.05) is 30.6 Å². The maximum atomic E-state index is 14.5. The average Bonchev–Trinajstić information content (AvgIpc) is 3.12. The molecule has 0 unspecified atom stereocenters. The van der Waals surface area contributed by atoms with E-state index in [2.05, 4.69) is 5.32 Å². The Labute approximate surface area is 145 Å². The lowest BCUT2D eigenvalue weighted by Crippen LogP contribution is -2.37. The van der Waals surface area contributed by atoms with Gasteiger partial charge in [-0.3, -0.25) is 4.79 Å². The van der Waals surface area contributed by atoms with Gasteiger partial charge in [-0.25, -0.2) is 4.39 Å². The second kappa shape index (κ2) is 6.88. The van der Waals surface area contributed by atoms with Crippen molar-refractivity contribution in [2.75, 3.05) is 31.2 Å². The summed E-state index contributed by atoms with van der Waals surface area (Å²) in [6.45, 7) is 2.51. The monoisotopic (exact) mass is 344 g/mol. The average molecular weight is 344 g/mol. The Hall–Kier alpha value is -2.34. The minimum absolute atomic E-state index is 0.0722. The van der Waals surface area contributed by atoms with Crippen LogP contribution in [0.15, 0.2) is 34.9 Å². The van der Waals surface area contributed by atoms with Crippen LogP contribution in [0.25, 0.3) is 0 Å². The van der Waals surface area contributed by atoms with Crippen LogP contribution in [0.2, 0.25) is 0 Å². The maximum Gasteiger partial charge on any atom is 0.251 e. The van der Waals surface area contributed by atoms with Crippen molar-refractivity contribution in [2.45, 2.75) is 25.3 Å². The molecule has 0 bridgehead atoms. The van der Waals surface area contributed by atoms with Crippen LogP contribution in [0.3, 0.4) is 0 Å². The van der Waals surface area contributed by atoms with Gasteiger partial charge in [0.2, 0.25) is 0 Å². The first kappa shape index (κ1) is 16.1. The first-order chi connectivity index (χ1) is 12.2. The van der Waals surface area contributed by atoms with Crippen molar-refractivity contribution in [1.82, 2.24) is 5.32 Å². The molecule has 0 saturated carbocycles. The quantitative estimate of drug-likeness (QED) is 0.930. The van der Waals surface area contributed by atoms with Gasteiger partial charge in [0.05, 0.1) is 31.2 Å². The second-order valence-corrected chi connectivity index (χ2v) is 6.48. The molecule has 1 N–H and O–H groups in total. The number of carbonyl (C=O) groups excluding carboxylic acids is 1. The lowest BCUT2D eigenvalue weighted by molar-refractivity contribution is 0.0931. The van der Waals surface area contributed by atoms with Crippen molar-refractivity contribution in [1.29, 1.82) is 0 Å². The number of hydrogen-bond donors (Lipinski definition) is 1. The third-order valence-corrected chi connectivity index (χ3v) is 4.92. The number of ether oxygens (including phenoxy) is 1. The van der Waals surface area contributed by atoms with Gasteiger partial charge in [0.15, 0.2) is 0 Å². The number of morpholine rings is 1. The van der Waals surface area contributed by atoms with E-state index < -0.39 is 0 Å². The lowest BCUT2D eigenvalue weighted by Gasteiger charge is -2.29. The smallest absolute Gasteiger partial charge is 0.251 e. The molecule has 1 saturated heterocycles. The highest BCUT2D eigenvalue weighted by atomic mass is 19.1. The highest BCUT2D eigenvalue weighted by molar-refractivity contribution is 5.94. The summed E-state index contributed by atoms with van der Waals surface area (Å²) in [5.41, 5.74) is 1.89. The fourth-order valence-electron chi connectivity index (χ4n) is 3.59. The number of nitrogens with zero attached hydrogens (tertiary/aromatic N) is 1. The number of benzene rings is 1. The molecule has 5 nitrogen and oxygen atoms in total. The number of nitrogens with one attached hydrogen (secondary N) is 1. The van der Waals surface area contributed by atoms with Crippen molar-refractivity contribution in [3.05, 3.63) is 53.2 Å². The Morgan fingerprint density at radius 2 is 2.08 bits per heavy atom. The highest BCUT2D eigenvalue weighted by Crippen LogP contribution is 2.31. The minimum Gasteiger partial charge on any atom is -0.469 e. The molecule has 1 aromatic heterocycles. The van der Waals surface area contributed by atoms with Crippen LogP contribution < -0.4 is 10.2 Å². The first-order valence-electron chi connectivity index (χ1n) is 8.72. The molecular formula is C19H21FN2O3. The molecule has 0 spiro atoms. The Morgan fingerprint density at radius 1 is 1.24 bits per heavy atom. The topological polar surface area (TPSA) is 54.7 Å². The molecule has 25 heavy (non-hydrogen) atoms. The highest BCUT2D eigenvalue weighted by Gasteiger charge is 2.25. The number of aryl methyl sites for hydroxylation is 1. The van der Waals surface area contributed by atoms with Gasteiger partial charge in [0.25, 0.3) is 5.91 Å². The number of hydrogen-bond acceptors (Lipinski definition) is 4. The minimum atomic E-state index is -0.373. The summed E-state index contributed by atoms with van der Waals surface area (Å²) < 4.78 is 25.2. The standard InChI is InChI=1S/C19H21FN2O3/c20-15-12-13(4-5-17(15)22-7-10-24-11-8-22)19(23)21-16-2-1-3-18-14(16)6-9-25-18/h4-6,9,12,16H,1-3,7-8,10-11H2,(H,21,23)/t16-/m0/s1. The number of carbonyl (C=O) groups is 1. The molecule has 1 aliphatic heterocycles. The fraction of sp³-hybridized carbons (Fsp3) is 0.421. The molecule has 1 fully saturated rings. The summed E-state index contributed by atoms with van der Waals surface area (Å²) in [5, 5.41) is 3.00. The zero-order valence-corrected chi connectivity index (χ0v) is 14.0. The molecule has 132 valence electrons. The van der Waals surface area contributed by atoms with Gasteiger partial charge in [0.1, 0.15) is 11.6 Å². The van der Waals surface area contributed by atoms with Gasteiger partial charge in [-0.15, -0.1) is 0 Å². The predicted octanol–water partition coefficient (Wildman–Crippen LogP) is 3.06. The normalized spacial score (nSPS) is 20.2. The molecule has 4 rings (SSSR count). The van der Waals surface area contributed by atoms with E-state index >= 15 is 0 Å². The van der Waals surface area contributed by atoms with Crippen LogP contribution in [-0.4, -0.2) is 32.2 Å². The molecule has 1 aliphatic carbocycles. The van der Waals surface area contributed by atoms with E-state index in [1.54, 1.807) is 18.4 Å². The number of halogens is 1. The number of rotatable bonds is 3. The third-order valence-electron chi connectivity index (χ3n) is 4.92. The Bertz CT molecular complexity index is 768. The number of fused-ring (bicyclic) bond motifs is 1. The van der Waals surface area contributed by atoms with E-state index in [0.717, 1.165) is 30.6 Å². The van der Waals surface area contributed by atoms with E-state index in [0.29, 0.717) is 37.6 Å². The van der Waals surface area contributed by atoms with E-state index in [1.807, 2.05) is 11.0 Å². The molecular weight excluding hydrogens is 323 g/mol. The largest absolute Gasteiger partial charge is 0.469 e. The summed E-state index contributed by atoms with van der Waals surface area (Å²) in [6, 6.07) is 6.51. The summed E-state index contributed by atoms with van der Waals surface area (Å²) in [7, 11) is 0. The zero-order chi connectivity index (χ0) is 17.2. The number of amides is 1. The molecule has 2 aromatic rings. The summed E-state index contributed by atoms with van der Waals surface area (Å²) in [5.74, 6) is 0.305. The van der Waals surface area contributed by atoms with Crippen molar-refractivity contribution < 1.29 is 18.3 Å². The molecule has 2 aliphatic rings. The van der Waals surface area contributed by atoms with Crippen LogP contribution in [0.4, 0.5) is 10.1 Å². The Kier molecular flexibility index (Phi) is 4.44. The summed E-state index contributed by atoms with van der Waals surface area (Å²) in [6.07, 6.45) is 4.39. The Balaban J connectivity index is 1.49. The molecule has 2 heterocycles. The van der Waals surface area contributed by atoms with Gasteiger partial charge < -0.3 is 19.4 Å². The Morgan fingerprint density at radius 3 is 2.88 bits per heavy atom. The van der Waals surface area contributed by atoms with Crippen molar-refractivity contribution in [3.8, 4) is 0 Å². The van der Waals surface area contributed by atoms with Crippen LogP contribution in [0.1, 0.15) is 40.6 Å². The number of furan rings is 1. The van der Waals surface area contributed by atoms with E-state index in [-0.39, 0.29) is 17.8 Å². The molecule has 0 radical (unpaired) electrons. The third kappa shape index (κ3) is 3.26. The maximum absolute atomic E-state index is 14.5. The van der Waals surface area contributed by atoms with Crippen molar-refractivity contribution >= 4 is 11.6 Å². The van der Waals surface area contributed by atoms with Gasteiger partial charge in [-0.1, -0.05) is 0 Å². The van der Waals surface area contributed by atoms with Gasteiger partial charge in [-0.05, 0) is 37.1 Å². The SMILES string of the molecule is O=C(N[C@H]1CCCc2occc21)c1ccc(N2CCOCC2)c(F)c1. The van der Waals surface area contributed by atoms with Crippen LogP contribution >= 0.6 is 0 Å². The molecule has 1 atom stereocenters. The van der Waals surface area contributed by atoms with E-state index in [4.69, 9.17) is 9.15 Å². The van der Waals surface area contributed by atoms with E-state index in [1.165, 1.54) is 6.07 Å². The molecule has 1 aromatic carbocycles. The molecule has 6 heteroatoms. The predicted molar refractivity (Wildman–Crippen MR) is 91.3 cm³/mol. The van der Waals surface area contributed by atoms with Gasteiger partial charge in [-0.2, -0.15) is 0 Å². The van der Waals surface area contributed by atoms with Gasteiger partial charge >= 0.3 is 0 Å². The van der Waals surface area contributed by atoms with Crippen LogP contribution in [0.5, 0.6) is 0 Å². The summed E-state index contributed by atoms with van der Waals surface area (Å²) in [4.78, 5) is 14.5. The lowest BCUT2D eigenvalue weighted by atomic mass is 9.93. The number of anilines is 1. The summed E-state index contributed by atoms with van der Waals surface area (Å²) >= 11 is 0. The van der Waals surface area contributed by atoms with E-state index in [9.17, 15) is 9.18 Å². The zero-order valence-electron chi connectivity index (χ0n) is 14.0. The molecule has 1 amide bonds. The van der Waals surface area contributed by atoms with Crippen LogP contribution in [-0.2, 0) is 11.2 Å². The van der Waals surface area contributed by atoms with Crippen molar-refractivity contribution in [3.63, 3.8) is 0 Å².